The van der Waals surface area contributed by atoms with Crippen molar-refractivity contribution in [2.24, 2.45) is 5.92 Å². The summed E-state index contributed by atoms with van der Waals surface area (Å²) in [4.78, 5) is 0. The lowest BCUT2D eigenvalue weighted by Crippen LogP contribution is -2.68. The molecule has 0 bridgehead atoms. The van der Waals surface area contributed by atoms with E-state index in [1.165, 1.54) is 10.4 Å². The first-order valence-corrected chi connectivity index (χ1v) is 20.0. The van der Waals surface area contributed by atoms with Crippen molar-refractivity contribution in [2.45, 2.75) is 121 Å². The van der Waals surface area contributed by atoms with Gasteiger partial charge >= 0.3 is 0 Å². The van der Waals surface area contributed by atoms with Gasteiger partial charge in [0.05, 0.1) is 32.0 Å². The smallest absolute Gasteiger partial charge is 0.261 e. The van der Waals surface area contributed by atoms with Crippen LogP contribution in [-0.4, -0.2) is 57.3 Å². The molecule has 0 amide bonds. The van der Waals surface area contributed by atoms with E-state index in [0.717, 1.165) is 43.4 Å². The predicted molar refractivity (Wildman–Crippen MR) is 195 cm³/mol. The Kier molecular flexibility index (Phi) is 12.3. The first-order valence-electron chi connectivity index (χ1n) is 18.1. The largest absolute Gasteiger partial charge is 0.497 e. The van der Waals surface area contributed by atoms with E-state index in [0.29, 0.717) is 45.0 Å². The Labute approximate surface area is 290 Å². The van der Waals surface area contributed by atoms with Crippen molar-refractivity contribution in [3.8, 4) is 5.75 Å². The molecule has 5 rings (SSSR count). The lowest BCUT2D eigenvalue weighted by atomic mass is 9.79. The maximum atomic E-state index is 12.3. The van der Waals surface area contributed by atoms with Gasteiger partial charge in [-0.15, -0.1) is 0 Å². The molecule has 262 valence electrons. The fourth-order valence-electron chi connectivity index (χ4n) is 7.73. The molecule has 0 unspecified atom stereocenters. The van der Waals surface area contributed by atoms with Crippen molar-refractivity contribution in [3.63, 3.8) is 0 Å². The van der Waals surface area contributed by atoms with Crippen LogP contribution in [0.15, 0.2) is 84.9 Å². The number of ether oxygens (including phenoxy) is 4. The van der Waals surface area contributed by atoms with E-state index in [2.05, 4.69) is 95.3 Å². The highest BCUT2D eigenvalue weighted by molar-refractivity contribution is 6.99. The average Bonchev–Trinajstić information content (AvgIpc) is 3.10. The van der Waals surface area contributed by atoms with Crippen LogP contribution in [0, 0.1) is 5.92 Å². The predicted octanol–water partition coefficient (Wildman–Crippen LogP) is 7.79. The SMILES string of the molecule is CCCC[C@@]1(O)CC[C@]2(CC[C@H](C)[C@@H](CCOCc3ccc(OC)cc3)O2)O[C@H]1CO[Si](c1ccccc1)(c1ccccc1)C(C)(C)C. The first kappa shape index (κ1) is 36.7. The molecule has 7 heteroatoms. The van der Waals surface area contributed by atoms with Crippen molar-refractivity contribution in [3.05, 3.63) is 90.5 Å². The maximum Gasteiger partial charge on any atom is 0.261 e. The summed E-state index contributed by atoms with van der Waals surface area (Å²) >= 11 is 0. The van der Waals surface area contributed by atoms with E-state index in [-0.39, 0.29) is 11.1 Å². The fraction of sp³-hybridized carbons (Fsp3) is 0.561. The second-order valence-electron chi connectivity index (χ2n) is 15.1. The van der Waals surface area contributed by atoms with Gasteiger partial charge in [-0.05, 0) is 64.7 Å². The standard InChI is InChI=1S/C41H58O6Si/c1-7-8-25-40(42)27-28-41(26-23-32(2)37(46-41)24-29-44-30-33-19-21-34(43-6)22-20-33)47-38(40)31-45-48(39(3,4)5,35-15-11-9-12-16-35)36-17-13-10-14-18-36/h9-22,32,37-38,42H,7-8,23-31H2,1-6H3/t32-,37+,38-,40+,41-/m0/s1. The lowest BCUT2D eigenvalue weighted by molar-refractivity contribution is -0.356. The number of aliphatic hydroxyl groups is 1. The van der Waals surface area contributed by atoms with Crippen LogP contribution in [0.2, 0.25) is 5.04 Å². The Morgan fingerprint density at radius 2 is 1.52 bits per heavy atom. The molecular formula is C41H58O6Si. The van der Waals surface area contributed by atoms with Crippen molar-refractivity contribution in [2.75, 3.05) is 20.3 Å². The highest BCUT2D eigenvalue weighted by Gasteiger charge is 2.55. The average molecular weight is 675 g/mol. The minimum absolute atomic E-state index is 0.0229. The Bertz CT molecular complexity index is 1350. The van der Waals surface area contributed by atoms with Crippen LogP contribution < -0.4 is 15.1 Å². The van der Waals surface area contributed by atoms with Crippen LogP contribution in [0.3, 0.4) is 0 Å². The van der Waals surface area contributed by atoms with Crippen LogP contribution in [0.4, 0.5) is 0 Å². The van der Waals surface area contributed by atoms with E-state index in [9.17, 15) is 5.11 Å². The molecule has 2 heterocycles. The molecule has 3 aromatic rings. The van der Waals surface area contributed by atoms with Gasteiger partial charge < -0.3 is 28.5 Å². The van der Waals surface area contributed by atoms with Gasteiger partial charge in [0.15, 0.2) is 5.79 Å². The third kappa shape index (κ3) is 8.26. The number of methoxy groups -OCH3 is 1. The minimum Gasteiger partial charge on any atom is -0.497 e. The highest BCUT2D eigenvalue weighted by atomic mass is 28.4. The van der Waals surface area contributed by atoms with Crippen molar-refractivity contribution in [1.82, 2.24) is 0 Å². The third-order valence-electron chi connectivity index (χ3n) is 10.7. The number of hydrogen-bond donors (Lipinski definition) is 1. The van der Waals surface area contributed by atoms with Gasteiger partial charge in [-0.2, -0.15) is 0 Å². The molecule has 3 aromatic carbocycles. The maximum absolute atomic E-state index is 12.3. The van der Waals surface area contributed by atoms with Crippen molar-refractivity contribution in [1.29, 1.82) is 0 Å². The van der Waals surface area contributed by atoms with E-state index < -0.39 is 25.8 Å². The van der Waals surface area contributed by atoms with Crippen LogP contribution in [-0.2, 0) is 25.2 Å². The van der Waals surface area contributed by atoms with E-state index >= 15 is 0 Å². The van der Waals surface area contributed by atoms with Crippen LogP contribution in [0.5, 0.6) is 5.75 Å². The summed E-state index contributed by atoms with van der Waals surface area (Å²) in [5.74, 6) is 0.514. The molecule has 0 aliphatic carbocycles. The molecule has 2 fully saturated rings. The summed E-state index contributed by atoms with van der Waals surface area (Å²) in [5.41, 5.74) is 0.145. The van der Waals surface area contributed by atoms with Crippen LogP contribution in [0.25, 0.3) is 0 Å². The molecular weight excluding hydrogens is 617 g/mol. The molecule has 5 atom stereocenters. The van der Waals surface area contributed by atoms with Gasteiger partial charge in [-0.1, -0.05) is 120 Å². The van der Waals surface area contributed by atoms with Crippen molar-refractivity contribution < 1.29 is 28.5 Å². The van der Waals surface area contributed by atoms with E-state index in [1.54, 1.807) is 7.11 Å². The number of hydrogen-bond acceptors (Lipinski definition) is 6. The summed E-state index contributed by atoms with van der Waals surface area (Å²) < 4.78 is 32.7. The fourth-order valence-corrected chi connectivity index (χ4v) is 12.3. The van der Waals surface area contributed by atoms with E-state index in [4.69, 9.17) is 23.4 Å². The summed E-state index contributed by atoms with van der Waals surface area (Å²) in [5, 5.41) is 14.6. The normalized spacial score (nSPS) is 26.4. The van der Waals surface area contributed by atoms with Crippen LogP contribution >= 0.6 is 0 Å². The van der Waals surface area contributed by atoms with Gasteiger partial charge in [0, 0.05) is 19.4 Å². The molecule has 0 saturated carbocycles. The van der Waals surface area contributed by atoms with E-state index in [1.807, 2.05) is 24.3 Å². The molecule has 2 saturated heterocycles. The first-order chi connectivity index (χ1) is 23.0. The summed E-state index contributed by atoms with van der Waals surface area (Å²) in [6, 6.07) is 29.4. The number of benzene rings is 3. The van der Waals surface area contributed by atoms with Gasteiger partial charge in [-0.25, -0.2) is 0 Å². The van der Waals surface area contributed by atoms with Gasteiger partial charge in [0.25, 0.3) is 8.32 Å². The molecule has 1 N–H and O–H groups in total. The molecule has 2 aliphatic heterocycles. The Hall–Kier alpha value is -2.52. The van der Waals surface area contributed by atoms with Gasteiger partial charge in [0.1, 0.15) is 11.9 Å². The Morgan fingerprint density at radius 3 is 2.10 bits per heavy atom. The lowest BCUT2D eigenvalue weighted by Gasteiger charge is -2.53. The molecule has 1 spiro atoms. The summed E-state index contributed by atoms with van der Waals surface area (Å²) in [7, 11) is -1.15. The van der Waals surface area contributed by atoms with Gasteiger partial charge in [-0.3, -0.25) is 0 Å². The summed E-state index contributed by atoms with van der Waals surface area (Å²) in [6.07, 6.45) is 6.11. The van der Waals surface area contributed by atoms with Crippen LogP contribution in [0.1, 0.15) is 91.5 Å². The zero-order chi connectivity index (χ0) is 34.3. The second kappa shape index (κ2) is 16.0. The number of unbranched alkanes of at least 4 members (excludes halogenated alkanes) is 1. The summed E-state index contributed by atoms with van der Waals surface area (Å²) in [6.45, 7) is 12.8. The number of rotatable bonds is 14. The molecule has 6 nitrogen and oxygen atoms in total. The molecule has 0 radical (unpaired) electrons. The zero-order valence-corrected chi connectivity index (χ0v) is 31.1. The highest BCUT2D eigenvalue weighted by Crippen LogP contribution is 2.47. The molecule has 48 heavy (non-hydrogen) atoms. The Balaban J connectivity index is 1.34. The second-order valence-corrected chi connectivity index (χ2v) is 19.4. The molecule has 0 aromatic heterocycles. The minimum atomic E-state index is -2.82. The zero-order valence-electron chi connectivity index (χ0n) is 30.1. The monoisotopic (exact) mass is 674 g/mol. The topological polar surface area (TPSA) is 66.4 Å². The Morgan fingerprint density at radius 1 is 0.875 bits per heavy atom. The molecule has 2 aliphatic rings. The third-order valence-corrected chi connectivity index (χ3v) is 15.7. The quantitative estimate of drug-likeness (QED) is 0.139. The van der Waals surface area contributed by atoms with Crippen molar-refractivity contribution >= 4 is 18.7 Å². The van der Waals surface area contributed by atoms with Gasteiger partial charge in [0.2, 0.25) is 0 Å².